The lowest BCUT2D eigenvalue weighted by Gasteiger charge is -2.06. The predicted octanol–water partition coefficient (Wildman–Crippen LogP) is 2.21. The van der Waals surface area contributed by atoms with E-state index in [9.17, 15) is 9.59 Å². The molecule has 0 spiro atoms. The highest BCUT2D eigenvalue weighted by Crippen LogP contribution is 2.07. The lowest BCUT2D eigenvalue weighted by atomic mass is 10.1. The van der Waals surface area contributed by atoms with Gasteiger partial charge in [-0.3, -0.25) is 9.59 Å². The Morgan fingerprint density at radius 1 is 1.00 bits per heavy atom. The summed E-state index contributed by atoms with van der Waals surface area (Å²) in [6.45, 7) is 2.42. The van der Waals surface area contributed by atoms with E-state index < -0.39 is 0 Å². The Morgan fingerprint density at radius 2 is 1.74 bits per heavy atom. The summed E-state index contributed by atoms with van der Waals surface area (Å²) in [6.07, 6.45) is 3.60. The van der Waals surface area contributed by atoms with Crippen LogP contribution in [0.2, 0.25) is 0 Å². The SMILES string of the molecule is CCc1ccc(CCC(=O)NCC(=O)NCc2ccco2)cc1. The van der Waals surface area contributed by atoms with Gasteiger partial charge >= 0.3 is 0 Å². The summed E-state index contributed by atoms with van der Waals surface area (Å²) in [5.74, 6) is 0.319. The fourth-order valence-electron chi connectivity index (χ4n) is 2.13. The molecule has 2 amide bonds. The molecule has 1 heterocycles. The van der Waals surface area contributed by atoms with Crippen molar-refractivity contribution in [1.29, 1.82) is 0 Å². The van der Waals surface area contributed by atoms with Crippen molar-refractivity contribution >= 4 is 11.8 Å². The Bertz CT molecular complexity index is 618. The summed E-state index contributed by atoms with van der Waals surface area (Å²) in [7, 11) is 0. The van der Waals surface area contributed by atoms with E-state index in [4.69, 9.17) is 4.42 Å². The van der Waals surface area contributed by atoms with E-state index >= 15 is 0 Å². The zero-order valence-corrected chi connectivity index (χ0v) is 13.3. The van der Waals surface area contributed by atoms with Crippen LogP contribution in [0, 0.1) is 0 Å². The van der Waals surface area contributed by atoms with Gasteiger partial charge < -0.3 is 15.1 Å². The average Bonchev–Trinajstić information content (AvgIpc) is 3.10. The molecular weight excluding hydrogens is 292 g/mol. The van der Waals surface area contributed by atoms with Gasteiger partial charge in [0.1, 0.15) is 5.76 Å². The van der Waals surface area contributed by atoms with Gasteiger partial charge in [-0.05, 0) is 36.1 Å². The molecule has 0 saturated carbocycles. The first-order valence-corrected chi connectivity index (χ1v) is 7.81. The van der Waals surface area contributed by atoms with E-state index in [1.54, 1.807) is 18.4 Å². The van der Waals surface area contributed by atoms with Gasteiger partial charge in [0.25, 0.3) is 0 Å². The van der Waals surface area contributed by atoms with Crippen molar-refractivity contribution in [2.45, 2.75) is 32.7 Å². The average molecular weight is 314 g/mol. The van der Waals surface area contributed by atoms with Gasteiger partial charge in [0.15, 0.2) is 0 Å². The second-order valence-corrected chi connectivity index (χ2v) is 5.30. The second kappa shape index (κ2) is 8.78. The van der Waals surface area contributed by atoms with Crippen molar-refractivity contribution in [3.05, 3.63) is 59.5 Å². The van der Waals surface area contributed by atoms with Crippen LogP contribution < -0.4 is 10.6 Å². The van der Waals surface area contributed by atoms with Crippen LogP contribution in [0.4, 0.5) is 0 Å². The Morgan fingerprint density at radius 3 is 2.39 bits per heavy atom. The molecule has 2 N–H and O–H groups in total. The highest BCUT2D eigenvalue weighted by molar-refractivity contribution is 5.84. The van der Waals surface area contributed by atoms with E-state index in [0.717, 1.165) is 12.0 Å². The third-order valence-electron chi connectivity index (χ3n) is 3.56. The Hall–Kier alpha value is -2.56. The number of amides is 2. The molecule has 0 fully saturated rings. The second-order valence-electron chi connectivity index (χ2n) is 5.30. The first-order chi connectivity index (χ1) is 11.2. The number of rotatable bonds is 8. The van der Waals surface area contributed by atoms with Crippen LogP contribution in [-0.4, -0.2) is 18.4 Å². The molecule has 122 valence electrons. The van der Waals surface area contributed by atoms with Crippen LogP contribution in [-0.2, 0) is 29.0 Å². The first-order valence-electron chi connectivity index (χ1n) is 7.81. The molecule has 0 atom stereocenters. The summed E-state index contributed by atoms with van der Waals surface area (Å²) < 4.78 is 5.11. The number of carbonyl (C=O) groups excluding carboxylic acids is 2. The van der Waals surface area contributed by atoms with Gasteiger partial charge in [0.05, 0.1) is 19.4 Å². The minimum absolute atomic E-state index is 0.0195. The molecule has 2 rings (SSSR count). The van der Waals surface area contributed by atoms with E-state index in [1.165, 1.54) is 5.56 Å². The van der Waals surface area contributed by atoms with Gasteiger partial charge in [-0.25, -0.2) is 0 Å². The molecule has 1 aromatic carbocycles. The van der Waals surface area contributed by atoms with Crippen LogP contribution in [0.3, 0.4) is 0 Å². The molecule has 5 heteroatoms. The highest BCUT2D eigenvalue weighted by Gasteiger charge is 2.06. The van der Waals surface area contributed by atoms with Crippen molar-refractivity contribution in [3.8, 4) is 0 Å². The molecule has 0 aliphatic carbocycles. The fourth-order valence-corrected chi connectivity index (χ4v) is 2.13. The Kier molecular flexibility index (Phi) is 6.41. The molecule has 5 nitrogen and oxygen atoms in total. The normalized spacial score (nSPS) is 10.3. The maximum absolute atomic E-state index is 11.8. The van der Waals surface area contributed by atoms with Crippen LogP contribution in [0.25, 0.3) is 0 Å². The number of carbonyl (C=O) groups is 2. The first kappa shape index (κ1) is 16.8. The third kappa shape index (κ3) is 5.98. The van der Waals surface area contributed by atoms with Gasteiger partial charge in [-0.2, -0.15) is 0 Å². The quantitative estimate of drug-likeness (QED) is 0.785. The monoisotopic (exact) mass is 314 g/mol. The number of nitrogens with one attached hydrogen (secondary N) is 2. The van der Waals surface area contributed by atoms with E-state index in [0.29, 0.717) is 25.1 Å². The molecule has 1 aromatic heterocycles. The molecule has 2 aromatic rings. The highest BCUT2D eigenvalue weighted by atomic mass is 16.3. The summed E-state index contributed by atoms with van der Waals surface area (Å²) in [4.78, 5) is 23.4. The minimum atomic E-state index is -0.234. The standard InChI is InChI=1S/C18H22N2O3/c1-2-14-5-7-15(8-6-14)9-10-17(21)20-13-18(22)19-12-16-4-3-11-23-16/h3-8,11H,2,9-10,12-13H2,1H3,(H,19,22)(H,20,21). The lowest BCUT2D eigenvalue weighted by Crippen LogP contribution is -2.36. The summed E-state index contributed by atoms with van der Waals surface area (Å²) >= 11 is 0. The van der Waals surface area contributed by atoms with E-state index in [-0.39, 0.29) is 18.4 Å². The number of hydrogen-bond donors (Lipinski definition) is 2. The molecule has 0 aliphatic heterocycles. The number of aryl methyl sites for hydroxylation is 2. The molecule has 0 unspecified atom stereocenters. The van der Waals surface area contributed by atoms with Crippen molar-refractivity contribution in [3.63, 3.8) is 0 Å². The lowest BCUT2D eigenvalue weighted by molar-refractivity contribution is -0.126. The van der Waals surface area contributed by atoms with Gasteiger partial charge in [-0.1, -0.05) is 31.2 Å². The van der Waals surface area contributed by atoms with Gasteiger partial charge in [0, 0.05) is 6.42 Å². The Balaban J connectivity index is 1.63. The van der Waals surface area contributed by atoms with Crippen molar-refractivity contribution in [2.24, 2.45) is 0 Å². The smallest absolute Gasteiger partial charge is 0.239 e. The van der Waals surface area contributed by atoms with Crippen LogP contribution in [0.1, 0.15) is 30.2 Å². The van der Waals surface area contributed by atoms with Crippen molar-refractivity contribution < 1.29 is 14.0 Å². The summed E-state index contributed by atoms with van der Waals surface area (Å²) in [6, 6.07) is 11.8. The maximum Gasteiger partial charge on any atom is 0.239 e. The van der Waals surface area contributed by atoms with Crippen molar-refractivity contribution in [2.75, 3.05) is 6.54 Å². The summed E-state index contributed by atoms with van der Waals surface area (Å²) in [5, 5.41) is 5.30. The zero-order chi connectivity index (χ0) is 16.5. The predicted molar refractivity (Wildman–Crippen MR) is 87.7 cm³/mol. The van der Waals surface area contributed by atoms with E-state index in [2.05, 4.69) is 29.7 Å². The molecule has 0 bridgehead atoms. The van der Waals surface area contributed by atoms with Crippen LogP contribution in [0.15, 0.2) is 47.1 Å². The number of benzene rings is 1. The van der Waals surface area contributed by atoms with Crippen molar-refractivity contribution in [1.82, 2.24) is 10.6 Å². The molecule has 0 radical (unpaired) electrons. The molecule has 0 aliphatic rings. The zero-order valence-electron chi connectivity index (χ0n) is 13.3. The molecule has 0 saturated heterocycles. The summed E-state index contributed by atoms with van der Waals surface area (Å²) in [5.41, 5.74) is 2.41. The number of hydrogen-bond acceptors (Lipinski definition) is 3. The van der Waals surface area contributed by atoms with Crippen LogP contribution in [0.5, 0.6) is 0 Å². The molecular formula is C18H22N2O3. The van der Waals surface area contributed by atoms with Crippen LogP contribution >= 0.6 is 0 Å². The fraction of sp³-hybridized carbons (Fsp3) is 0.333. The van der Waals surface area contributed by atoms with Gasteiger partial charge in [0.2, 0.25) is 11.8 Å². The Labute approximate surface area is 136 Å². The third-order valence-corrected chi connectivity index (χ3v) is 3.56. The largest absolute Gasteiger partial charge is 0.467 e. The van der Waals surface area contributed by atoms with Gasteiger partial charge in [-0.15, -0.1) is 0 Å². The maximum atomic E-state index is 11.8. The minimum Gasteiger partial charge on any atom is -0.467 e. The molecule has 23 heavy (non-hydrogen) atoms. The topological polar surface area (TPSA) is 71.3 Å². The number of furan rings is 1. The van der Waals surface area contributed by atoms with E-state index in [1.807, 2.05) is 12.1 Å².